The van der Waals surface area contributed by atoms with Crippen LogP contribution < -0.4 is 0 Å². The van der Waals surface area contributed by atoms with Crippen LogP contribution in [0.2, 0.25) is 5.54 Å². The fourth-order valence-electron chi connectivity index (χ4n) is 0.0781. The van der Waals surface area contributed by atoms with Crippen molar-refractivity contribution >= 4 is 45.3 Å². The second kappa shape index (κ2) is 5.78. The molecule has 0 saturated carbocycles. The van der Waals surface area contributed by atoms with E-state index in [2.05, 4.69) is 0 Å². The van der Waals surface area contributed by atoms with E-state index in [1.54, 1.807) is 0 Å². The molecule has 0 aliphatic carbocycles. The molecule has 0 saturated heterocycles. The van der Waals surface area contributed by atoms with Crippen molar-refractivity contribution in [2.45, 2.75) is 12.5 Å². The quantitative estimate of drug-likeness (QED) is 0.454. The van der Waals surface area contributed by atoms with Gasteiger partial charge in [0.25, 0.3) is 0 Å². The molecular formula is C3H9NaO3Si. The van der Waals surface area contributed by atoms with Gasteiger partial charge in [-0.25, -0.2) is 0 Å². The number of aliphatic carboxylic acids is 1. The first kappa shape index (κ1) is 11.4. The zero-order valence-electron chi connectivity index (χ0n) is 4.09. The molecule has 0 fully saturated rings. The van der Waals surface area contributed by atoms with Gasteiger partial charge in [-0.15, -0.1) is 0 Å². The second-order valence-electron chi connectivity index (χ2n) is 1.42. The van der Waals surface area contributed by atoms with Crippen LogP contribution in [-0.4, -0.2) is 55.2 Å². The fraction of sp³-hybridized carbons (Fsp3) is 0.667. The number of carbonyl (C=O) groups is 1. The topological polar surface area (TPSA) is 57.5 Å². The van der Waals surface area contributed by atoms with Gasteiger partial charge in [0, 0.05) is 0 Å². The Hall–Kier alpha value is 0.647. The summed E-state index contributed by atoms with van der Waals surface area (Å²) >= 11 is 0. The monoisotopic (exact) mass is 144 g/mol. The standard InChI is InChI=1S/C3H8O3Si.Na.H/c1-2(7-6)3(4)5;;/h2,6H,7H2,1H3,(H,4,5);;. The van der Waals surface area contributed by atoms with Crippen LogP contribution in [0, 0.1) is 0 Å². The van der Waals surface area contributed by atoms with E-state index in [0.717, 1.165) is 0 Å². The van der Waals surface area contributed by atoms with Crippen molar-refractivity contribution in [2.24, 2.45) is 0 Å². The fourth-order valence-corrected chi connectivity index (χ4v) is 0.234. The van der Waals surface area contributed by atoms with Gasteiger partial charge >= 0.3 is 35.5 Å². The Morgan fingerprint density at radius 3 is 2.12 bits per heavy atom. The van der Waals surface area contributed by atoms with Crippen molar-refractivity contribution in [3.8, 4) is 0 Å². The molecule has 0 heterocycles. The van der Waals surface area contributed by atoms with E-state index in [1.807, 2.05) is 0 Å². The number of carboxylic acid groups (broad SMARTS) is 1. The summed E-state index contributed by atoms with van der Waals surface area (Å²) in [4.78, 5) is 18.1. The summed E-state index contributed by atoms with van der Waals surface area (Å²) in [7, 11) is -1.31. The molecule has 0 aliphatic heterocycles. The SMILES string of the molecule is CC([SiH2]O)C(=O)O.[NaH]. The van der Waals surface area contributed by atoms with Crippen molar-refractivity contribution in [1.82, 2.24) is 0 Å². The Morgan fingerprint density at radius 2 is 2.12 bits per heavy atom. The van der Waals surface area contributed by atoms with Crippen LogP contribution in [0.5, 0.6) is 0 Å². The van der Waals surface area contributed by atoms with Crippen LogP contribution in [0.3, 0.4) is 0 Å². The van der Waals surface area contributed by atoms with Gasteiger partial charge in [0.05, 0.1) is 5.54 Å². The van der Waals surface area contributed by atoms with Crippen LogP contribution in [0.1, 0.15) is 6.92 Å². The van der Waals surface area contributed by atoms with E-state index in [-0.39, 0.29) is 29.6 Å². The molecule has 3 nitrogen and oxygen atoms in total. The average molecular weight is 144 g/mol. The van der Waals surface area contributed by atoms with E-state index in [9.17, 15) is 4.79 Å². The van der Waals surface area contributed by atoms with Crippen molar-refractivity contribution in [3.05, 3.63) is 0 Å². The molecule has 0 amide bonds. The zero-order valence-corrected chi connectivity index (χ0v) is 5.50. The van der Waals surface area contributed by atoms with Gasteiger partial charge in [-0.2, -0.15) is 0 Å². The van der Waals surface area contributed by atoms with E-state index in [0.29, 0.717) is 0 Å². The predicted octanol–water partition coefficient (Wildman–Crippen LogP) is -1.69. The normalized spacial score (nSPS) is 13.2. The van der Waals surface area contributed by atoms with Crippen LogP contribution >= 0.6 is 0 Å². The molecule has 0 rings (SSSR count). The van der Waals surface area contributed by atoms with Crippen LogP contribution in [0.25, 0.3) is 0 Å². The number of hydrogen-bond acceptors (Lipinski definition) is 2. The van der Waals surface area contributed by atoms with Crippen molar-refractivity contribution in [1.29, 1.82) is 0 Å². The van der Waals surface area contributed by atoms with Gasteiger partial charge in [-0.3, -0.25) is 4.79 Å². The van der Waals surface area contributed by atoms with Crippen LogP contribution in [0.4, 0.5) is 0 Å². The van der Waals surface area contributed by atoms with Gasteiger partial charge in [-0.1, -0.05) is 6.92 Å². The molecule has 1 unspecified atom stereocenters. The molecule has 44 valence electrons. The first-order chi connectivity index (χ1) is 3.18. The summed E-state index contributed by atoms with van der Waals surface area (Å²) in [5.41, 5.74) is -0.486. The molecule has 0 aromatic heterocycles. The molecule has 5 heteroatoms. The van der Waals surface area contributed by atoms with E-state index in [1.165, 1.54) is 6.92 Å². The molecule has 0 radical (unpaired) electrons. The van der Waals surface area contributed by atoms with E-state index >= 15 is 0 Å². The molecule has 0 spiro atoms. The molecular weight excluding hydrogens is 135 g/mol. The summed E-state index contributed by atoms with van der Waals surface area (Å²) in [6, 6.07) is 0. The van der Waals surface area contributed by atoms with E-state index < -0.39 is 21.3 Å². The van der Waals surface area contributed by atoms with Crippen LogP contribution in [0.15, 0.2) is 0 Å². The second-order valence-corrected chi connectivity index (χ2v) is 3.01. The molecule has 0 aromatic carbocycles. The molecule has 0 bridgehead atoms. The number of hydrogen-bond donors (Lipinski definition) is 2. The van der Waals surface area contributed by atoms with Crippen molar-refractivity contribution in [3.63, 3.8) is 0 Å². The van der Waals surface area contributed by atoms with Gasteiger partial charge in [0.15, 0.2) is 9.76 Å². The minimum atomic E-state index is -1.31. The first-order valence-corrected chi connectivity index (χ1v) is 3.47. The Kier molecular flexibility index (Phi) is 8.27. The Labute approximate surface area is 72.3 Å². The third-order valence-electron chi connectivity index (χ3n) is 0.695. The third kappa shape index (κ3) is 4.80. The van der Waals surface area contributed by atoms with Crippen molar-refractivity contribution in [2.75, 3.05) is 0 Å². The minimum absolute atomic E-state index is 0. The maximum atomic E-state index is 9.81. The molecule has 2 N–H and O–H groups in total. The summed E-state index contributed by atoms with van der Waals surface area (Å²) < 4.78 is 0. The molecule has 1 atom stereocenters. The number of rotatable bonds is 2. The summed E-state index contributed by atoms with van der Waals surface area (Å²) in [6.07, 6.45) is 0. The van der Waals surface area contributed by atoms with Gasteiger partial charge in [0.1, 0.15) is 0 Å². The summed E-state index contributed by atoms with van der Waals surface area (Å²) in [5.74, 6) is -0.894. The average Bonchev–Trinajstić information content (AvgIpc) is 1.65. The zero-order chi connectivity index (χ0) is 5.86. The molecule has 8 heavy (non-hydrogen) atoms. The van der Waals surface area contributed by atoms with Gasteiger partial charge in [-0.05, 0) is 0 Å². The maximum absolute atomic E-state index is 9.81. The van der Waals surface area contributed by atoms with E-state index in [4.69, 9.17) is 9.90 Å². The Morgan fingerprint density at radius 1 is 1.75 bits per heavy atom. The molecule has 0 aromatic rings. The predicted molar refractivity (Wildman–Crippen MR) is 35.0 cm³/mol. The first-order valence-electron chi connectivity index (χ1n) is 2.02. The Balaban J connectivity index is 0. The van der Waals surface area contributed by atoms with Gasteiger partial charge in [0.2, 0.25) is 0 Å². The van der Waals surface area contributed by atoms with Crippen molar-refractivity contribution < 1.29 is 14.7 Å². The number of carboxylic acids is 1. The molecule has 0 aliphatic rings. The third-order valence-corrected chi connectivity index (χ3v) is 1.59. The summed E-state index contributed by atoms with van der Waals surface area (Å²) in [6.45, 7) is 1.51. The van der Waals surface area contributed by atoms with Crippen LogP contribution in [-0.2, 0) is 4.79 Å². The Bertz CT molecular complexity index is 76.9. The van der Waals surface area contributed by atoms with Gasteiger partial charge < -0.3 is 9.90 Å². The summed E-state index contributed by atoms with van der Waals surface area (Å²) in [5, 5.41) is 8.06.